The third-order valence-electron chi connectivity index (χ3n) is 5.37. The summed E-state index contributed by atoms with van der Waals surface area (Å²) >= 11 is 6.33. The van der Waals surface area contributed by atoms with Crippen LogP contribution >= 0.6 is 11.6 Å². The first-order valence-electron chi connectivity index (χ1n) is 9.70. The zero-order valence-corrected chi connectivity index (χ0v) is 18.8. The summed E-state index contributed by atoms with van der Waals surface area (Å²) in [5.41, 5.74) is 0.933. The van der Waals surface area contributed by atoms with E-state index in [0.717, 1.165) is 10.4 Å². The molecule has 1 aliphatic heterocycles. The fourth-order valence-electron chi connectivity index (χ4n) is 3.58. The SMILES string of the molecule is Cc1c(Nc2c(F)ccc(NS(=O)(=O)N3CCC(F)C3)c2Cl)ccc2ncn(C)c(=O)c12. The van der Waals surface area contributed by atoms with Gasteiger partial charge in [0.15, 0.2) is 0 Å². The summed E-state index contributed by atoms with van der Waals surface area (Å²) in [5.74, 6) is -0.721. The van der Waals surface area contributed by atoms with Crippen LogP contribution in [0, 0.1) is 12.7 Å². The van der Waals surface area contributed by atoms with Crippen LogP contribution in [0.3, 0.4) is 0 Å². The van der Waals surface area contributed by atoms with Crippen LogP contribution in [0.4, 0.5) is 25.8 Å². The molecule has 0 radical (unpaired) electrons. The number of aromatic nitrogens is 2. The Kier molecular flexibility index (Phi) is 5.82. The van der Waals surface area contributed by atoms with E-state index in [2.05, 4.69) is 15.0 Å². The molecule has 0 amide bonds. The first-order chi connectivity index (χ1) is 15.1. The lowest BCUT2D eigenvalue weighted by molar-refractivity contribution is 0.343. The predicted octanol–water partition coefficient (Wildman–Crippen LogP) is 3.48. The smallest absolute Gasteiger partial charge is 0.301 e. The van der Waals surface area contributed by atoms with Crippen molar-refractivity contribution in [1.29, 1.82) is 0 Å². The number of hydrogen-bond acceptors (Lipinski definition) is 5. The minimum Gasteiger partial charge on any atom is -0.352 e. The van der Waals surface area contributed by atoms with Crippen molar-refractivity contribution < 1.29 is 17.2 Å². The van der Waals surface area contributed by atoms with Crippen LogP contribution in [-0.4, -0.2) is 41.5 Å². The van der Waals surface area contributed by atoms with Crippen molar-refractivity contribution in [2.75, 3.05) is 23.1 Å². The highest BCUT2D eigenvalue weighted by Gasteiger charge is 2.32. The molecule has 2 aromatic carbocycles. The third-order valence-corrected chi connectivity index (χ3v) is 7.25. The van der Waals surface area contributed by atoms with Gasteiger partial charge in [-0.15, -0.1) is 0 Å². The molecule has 32 heavy (non-hydrogen) atoms. The Hall–Kier alpha value is -2.76. The third kappa shape index (κ3) is 4.03. The summed E-state index contributed by atoms with van der Waals surface area (Å²) in [6, 6.07) is 5.49. The van der Waals surface area contributed by atoms with Gasteiger partial charge in [0, 0.05) is 25.8 Å². The van der Waals surface area contributed by atoms with Crippen LogP contribution < -0.4 is 15.6 Å². The zero-order valence-electron chi connectivity index (χ0n) is 17.2. The molecule has 0 spiro atoms. The molecule has 1 fully saturated rings. The van der Waals surface area contributed by atoms with Gasteiger partial charge >= 0.3 is 10.2 Å². The molecule has 0 aliphatic carbocycles. The summed E-state index contributed by atoms with van der Waals surface area (Å²) in [7, 11) is -2.49. The fraction of sp³-hybridized carbons (Fsp3) is 0.300. The maximum atomic E-state index is 14.6. The van der Waals surface area contributed by atoms with E-state index in [1.165, 1.54) is 17.0 Å². The largest absolute Gasteiger partial charge is 0.352 e. The number of alkyl halides is 1. The van der Waals surface area contributed by atoms with Gasteiger partial charge in [-0.1, -0.05) is 11.6 Å². The minimum atomic E-state index is -4.06. The number of rotatable bonds is 5. The number of fused-ring (bicyclic) bond motifs is 1. The Morgan fingerprint density at radius 1 is 1.22 bits per heavy atom. The van der Waals surface area contributed by atoms with Crippen molar-refractivity contribution in [3.63, 3.8) is 0 Å². The molecule has 12 heteroatoms. The Labute approximate surface area is 188 Å². The van der Waals surface area contributed by atoms with Gasteiger partial charge in [0.25, 0.3) is 5.56 Å². The Morgan fingerprint density at radius 2 is 1.94 bits per heavy atom. The van der Waals surface area contributed by atoms with Gasteiger partial charge in [-0.3, -0.25) is 9.52 Å². The van der Waals surface area contributed by atoms with Crippen LogP contribution in [0.5, 0.6) is 0 Å². The number of hydrogen-bond donors (Lipinski definition) is 2. The highest BCUT2D eigenvalue weighted by atomic mass is 35.5. The van der Waals surface area contributed by atoms with E-state index >= 15 is 0 Å². The van der Waals surface area contributed by atoms with Crippen molar-refractivity contribution in [2.24, 2.45) is 7.05 Å². The average Bonchev–Trinajstić information content (AvgIpc) is 3.19. The summed E-state index contributed by atoms with van der Waals surface area (Å²) < 4.78 is 57.8. The van der Waals surface area contributed by atoms with Gasteiger partial charge in [-0.05, 0) is 43.2 Å². The van der Waals surface area contributed by atoms with Gasteiger partial charge in [-0.2, -0.15) is 12.7 Å². The summed E-state index contributed by atoms with van der Waals surface area (Å²) in [4.78, 5) is 16.7. The maximum absolute atomic E-state index is 14.6. The standard InChI is InChI=1S/C20H20ClF2N5O3S/c1-11-14(5-6-15-17(11)20(29)27(2)10-24-15)25-19-13(23)3-4-16(18(19)21)26-32(30,31)28-8-7-12(22)9-28/h3-6,10,12,25-26H,7-9H2,1-2H3. The number of benzene rings is 2. The number of nitrogens with zero attached hydrogens (tertiary/aromatic N) is 3. The molecule has 4 rings (SSSR count). The lowest BCUT2D eigenvalue weighted by atomic mass is 10.1. The summed E-state index contributed by atoms with van der Waals surface area (Å²) in [5, 5.41) is 3.02. The quantitative estimate of drug-likeness (QED) is 0.579. The predicted molar refractivity (Wildman–Crippen MR) is 120 cm³/mol. The lowest BCUT2D eigenvalue weighted by Crippen LogP contribution is -2.34. The molecule has 1 unspecified atom stereocenters. The van der Waals surface area contributed by atoms with Crippen molar-refractivity contribution in [1.82, 2.24) is 13.9 Å². The van der Waals surface area contributed by atoms with E-state index in [0.29, 0.717) is 22.2 Å². The second-order valence-electron chi connectivity index (χ2n) is 7.55. The number of halogens is 3. The van der Waals surface area contributed by atoms with Gasteiger partial charge in [0.2, 0.25) is 0 Å². The Morgan fingerprint density at radius 3 is 2.62 bits per heavy atom. The molecule has 8 nitrogen and oxygen atoms in total. The van der Waals surface area contributed by atoms with E-state index in [-0.39, 0.29) is 41.5 Å². The second-order valence-corrected chi connectivity index (χ2v) is 9.60. The zero-order chi connectivity index (χ0) is 23.2. The maximum Gasteiger partial charge on any atom is 0.301 e. The molecule has 3 aromatic rings. The second kappa shape index (κ2) is 8.30. The van der Waals surface area contributed by atoms with Crippen molar-refractivity contribution in [3.05, 3.63) is 57.3 Å². The summed E-state index contributed by atoms with van der Waals surface area (Å²) in [6.07, 6.45) is 0.292. The van der Waals surface area contributed by atoms with E-state index in [1.807, 2.05) is 0 Å². The molecule has 2 N–H and O–H groups in total. The van der Waals surface area contributed by atoms with Gasteiger partial charge in [-0.25, -0.2) is 13.8 Å². The van der Waals surface area contributed by atoms with Crippen LogP contribution in [0.1, 0.15) is 12.0 Å². The average molecular weight is 484 g/mol. The first-order valence-corrected chi connectivity index (χ1v) is 11.5. The molecule has 1 saturated heterocycles. The molecule has 2 heterocycles. The van der Waals surface area contributed by atoms with Crippen LogP contribution in [0.15, 0.2) is 35.4 Å². The van der Waals surface area contributed by atoms with Crippen LogP contribution in [0.2, 0.25) is 5.02 Å². The van der Waals surface area contributed by atoms with E-state index < -0.39 is 22.2 Å². The Bertz CT molecular complexity index is 1380. The van der Waals surface area contributed by atoms with Crippen molar-refractivity contribution in [2.45, 2.75) is 19.5 Å². The van der Waals surface area contributed by atoms with E-state index in [9.17, 15) is 22.0 Å². The van der Waals surface area contributed by atoms with Gasteiger partial charge in [0.1, 0.15) is 12.0 Å². The number of aryl methyl sites for hydroxylation is 2. The molecular formula is C20H20ClF2N5O3S. The van der Waals surface area contributed by atoms with Crippen molar-refractivity contribution >= 4 is 49.8 Å². The fourth-order valence-corrected chi connectivity index (χ4v) is 5.16. The molecule has 0 bridgehead atoms. The van der Waals surface area contributed by atoms with Crippen molar-refractivity contribution in [3.8, 4) is 0 Å². The van der Waals surface area contributed by atoms with E-state index in [4.69, 9.17) is 11.6 Å². The molecular weight excluding hydrogens is 464 g/mol. The highest BCUT2D eigenvalue weighted by molar-refractivity contribution is 7.90. The molecule has 0 saturated carbocycles. The Balaban J connectivity index is 1.70. The van der Waals surface area contributed by atoms with E-state index in [1.54, 1.807) is 26.1 Å². The molecule has 1 aromatic heterocycles. The molecule has 170 valence electrons. The topological polar surface area (TPSA) is 96.3 Å². The lowest BCUT2D eigenvalue weighted by Gasteiger charge is -2.19. The molecule has 1 aliphatic rings. The number of nitrogens with one attached hydrogen (secondary N) is 2. The normalized spacial score (nSPS) is 17.1. The summed E-state index contributed by atoms with van der Waals surface area (Å²) in [6.45, 7) is 1.48. The van der Waals surface area contributed by atoms with Crippen LogP contribution in [0.25, 0.3) is 10.9 Å². The van der Waals surface area contributed by atoms with Crippen LogP contribution in [-0.2, 0) is 17.3 Å². The first kappa shape index (κ1) is 22.4. The van der Waals surface area contributed by atoms with Gasteiger partial charge in [0.05, 0.1) is 33.6 Å². The minimum absolute atomic E-state index is 0.0414. The van der Waals surface area contributed by atoms with Gasteiger partial charge < -0.3 is 9.88 Å². The number of anilines is 3. The molecule has 1 atom stereocenters. The highest BCUT2D eigenvalue weighted by Crippen LogP contribution is 2.37. The monoisotopic (exact) mass is 483 g/mol.